The van der Waals surface area contributed by atoms with Gasteiger partial charge >= 0.3 is 5.97 Å². The molecule has 0 aromatic carbocycles. The van der Waals surface area contributed by atoms with E-state index in [1.54, 1.807) is 13.8 Å². The fraction of sp³-hybridized carbons (Fsp3) is 0.850. The third kappa shape index (κ3) is 9.06. The molecule has 0 spiro atoms. The van der Waals surface area contributed by atoms with E-state index in [2.05, 4.69) is 0 Å². The summed E-state index contributed by atoms with van der Waals surface area (Å²) < 4.78 is 70.1. The van der Waals surface area contributed by atoms with Gasteiger partial charge in [0, 0.05) is 12.3 Å². The van der Waals surface area contributed by atoms with Gasteiger partial charge in [0.25, 0.3) is 20.2 Å². The fourth-order valence-corrected chi connectivity index (χ4v) is 5.77. The Labute approximate surface area is 190 Å². The van der Waals surface area contributed by atoms with Crippen LogP contribution in [0.4, 0.5) is 0 Å². The van der Waals surface area contributed by atoms with Crippen LogP contribution in [0.2, 0.25) is 0 Å². The van der Waals surface area contributed by atoms with Gasteiger partial charge < -0.3 is 14.6 Å². The first-order chi connectivity index (χ1) is 14.7. The summed E-state index contributed by atoms with van der Waals surface area (Å²) in [6.45, 7) is 3.72. The molecular weight excluding hydrogens is 464 g/mol. The molecule has 0 aromatic heterocycles. The van der Waals surface area contributed by atoms with Crippen molar-refractivity contribution in [3.05, 3.63) is 12.2 Å². The molecule has 1 heterocycles. The molecule has 2 aliphatic rings. The van der Waals surface area contributed by atoms with Gasteiger partial charge in [-0.2, -0.15) is 16.8 Å². The molecule has 0 amide bonds. The highest BCUT2D eigenvalue weighted by atomic mass is 32.2. The molecule has 12 heteroatoms. The average Bonchev–Trinajstić information content (AvgIpc) is 2.96. The highest BCUT2D eigenvalue weighted by molar-refractivity contribution is 7.86. The molecule has 1 saturated heterocycles. The van der Waals surface area contributed by atoms with Crippen molar-refractivity contribution in [2.75, 3.05) is 19.1 Å². The van der Waals surface area contributed by atoms with E-state index in [1.165, 1.54) is 0 Å². The number of aliphatic carboxylic acids is 1. The van der Waals surface area contributed by atoms with Crippen molar-refractivity contribution in [1.29, 1.82) is 0 Å². The minimum atomic E-state index is -3.76. The van der Waals surface area contributed by atoms with Gasteiger partial charge in [-0.1, -0.05) is 12.2 Å². The van der Waals surface area contributed by atoms with E-state index >= 15 is 0 Å². The second-order valence-corrected chi connectivity index (χ2v) is 12.1. The summed E-state index contributed by atoms with van der Waals surface area (Å²) in [4.78, 5) is 10.7. The van der Waals surface area contributed by atoms with Crippen LogP contribution in [0.25, 0.3) is 0 Å². The Morgan fingerprint density at radius 1 is 1.06 bits per heavy atom. The minimum Gasteiger partial charge on any atom is -0.481 e. The second kappa shape index (κ2) is 10.9. The summed E-state index contributed by atoms with van der Waals surface area (Å²) >= 11 is 0. The summed E-state index contributed by atoms with van der Waals surface area (Å²) in [6, 6.07) is 0. The van der Waals surface area contributed by atoms with Crippen molar-refractivity contribution in [1.82, 2.24) is 0 Å². The lowest BCUT2D eigenvalue weighted by Crippen LogP contribution is -2.50. The molecule has 1 unspecified atom stereocenters. The minimum absolute atomic E-state index is 0.0584. The first-order valence-corrected chi connectivity index (χ1v) is 14.3. The molecule has 0 radical (unpaired) electrons. The summed E-state index contributed by atoms with van der Waals surface area (Å²) in [5.74, 6) is -2.63. The van der Waals surface area contributed by atoms with Crippen LogP contribution in [-0.2, 0) is 42.9 Å². The van der Waals surface area contributed by atoms with Gasteiger partial charge in [-0.15, -0.1) is 0 Å². The van der Waals surface area contributed by atoms with Crippen molar-refractivity contribution in [2.24, 2.45) is 11.8 Å². The molecule has 0 bridgehead atoms. The zero-order chi connectivity index (χ0) is 24.2. The zero-order valence-electron chi connectivity index (χ0n) is 18.9. The van der Waals surface area contributed by atoms with Crippen LogP contribution in [-0.4, -0.2) is 71.1 Å². The van der Waals surface area contributed by atoms with Gasteiger partial charge in [0.1, 0.15) is 0 Å². The number of carboxylic acids is 1. The maximum absolute atomic E-state index is 11.9. The molecule has 5 atom stereocenters. The zero-order valence-corrected chi connectivity index (χ0v) is 20.6. The van der Waals surface area contributed by atoms with Crippen LogP contribution < -0.4 is 0 Å². The van der Waals surface area contributed by atoms with Crippen molar-refractivity contribution < 1.29 is 44.6 Å². The monoisotopic (exact) mass is 498 g/mol. The predicted octanol–water partition coefficient (Wildman–Crippen LogP) is 2.05. The third-order valence-electron chi connectivity index (χ3n) is 5.53. The van der Waals surface area contributed by atoms with E-state index in [4.69, 9.17) is 22.9 Å². The number of allylic oxidation sites excluding steroid dienone is 2. The molecule has 1 saturated carbocycles. The van der Waals surface area contributed by atoms with E-state index < -0.39 is 62.1 Å². The SMILES string of the molecule is CC1(C)OCC([C@H]2[C@@H](C/C=C\CCCC(=O)O)[C@@H](OS(C)(=O)=O)CC[C@H]2OS(C)(=O)=O)O1. The van der Waals surface area contributed by atoms with E-state index in [1.807, 2.05) is 12.2 Å². The summed E-state index contributed by atoms with van der Waals surface area (Å²) in [5.41, 5.74) is 0. The molecule has 0 aromatic rings. The number of carbonyl (C=O) groups is 1. The lowest BCUT2D eigenvalue weighted by Gasteiger charge is -2.43. The standard InChI is InChI=1S/C20H34O10S2/c1-20(2)27-13-17(28-20)19-14(9-7-5-6-8-10-18(21)22)15(29-31(3,23)24)11-12-16(19)30-32(4,25)26/h5,7,14-17,19H,6,8-13H2,1-4H3,(H,21,22)/b7-5-/t14-,15-,16+,17?,19-/m0/s1. The third-order valence-corrected chi connectivity index (χ3v) is 6.72. The van der Waals surface area contributed by atoms with Gasteiger partial charge in [-0.3, -0.25) is 13.2 Å². The topological polar surface area (TPSA) is 142 Å². The number of rotatable bonds is 11. The van der Waals surface area contributed by atoms with Gasteiger partial charge in [-0.25, -0.2) is 0 Å². The molecule has 1 aliphatic heterocycles. The summed E-state index contributed by atoms with van der Waals surface area (Å²) in [6.07, 6.45) is 5.85. The van der Waals surface area contributed by atoms with Gasteiger partial charge in [-0.05, 0) is 51.9 Å². The van der Waals surface area contributed by atoms with Crippen molar-refractivity contribution in [2.45, 2.75) is 76.5 Å². The summed E-state index contributed by atoms with van der Waals surface area (Å²) in [5, 5.41) is 8.75. The van der Waals surface area contributed by atoms with Crippen LogP contribution in [0.5, 0.6) is 0 Å². The molecule has 10 nitrogen and oxygen atoms in total. The maximum Gasteiger partial charge on any atom is 0.303 e. The van der Waals surface area contributed by atoms with Gasteiger partial charge in [0.2, 0.25) is 0 Å². The molecule has 32 heavy (non-hydrogen) atoms. The lowest BCUT2D eigenvalue weighted by atomic mass is 9.71. The van der Waals surface area contributed by atoms with Crippen molar-refractivity contribution >= 4 is 26.2 Å². The fourth-order valence-electron chi connectivity index (χ4n) is 4.41. The second-order valence-electron chi connectivity index (χ2n) is 8.86. The quantitative estimate of drug-likeness (QED) is 0.255. The van der Waals surface area contributed by atoms with E-state index in [9.17, 15) is 21.6 Å². The Morgan fingerprint density at radius 3 is 2.19 bits per heavy atom. The molecule has 1 aliphatic carbocycles. The average molecular weight is 499 g/mol. The number of carboxylic acid groups (broad SMARTS) is 1. The van der Waals surface area contributed by atoms with Crippen LogP contribution in [0, 0.1) is 11.8 Å². The van der Waals surface area contributed by atoms with Gasteiger partial charge in [0.05, 0.1) is 37.4 Å². The lowest BCUT2D eigenvalue weighted by molar-refractivity contribution is -0.160. The van der Waals surface area contributed by atoms with Crippen LogP contribution in [0.1, 0.15) is 52.4 Å². The first kappa shape index (κ1) is 27.2. The molecule has 1 N–H and O–H groups in total. The van der Waals surface area contributed by atoms with Crippen molar-refractivity contribution in [3.8, 4) is 0 Å². The molecule has 2 fully saturated rings. The van der Waals surface area contributed by atoms with E-state index in [-0.39, 0.29) is 19.4 Å². The Balaban J connectivity index is 2.28. The Bertz CT molecular complexity index is 878. The van der Waals surface area contributed by atoms with Gasteiger partial charge in [0.15, 0.2) is 5.79 Å². The van der Waals surface area contributed by atoms with E-state index in [0.29, 0.717) is 25.7 Å². The number of ether oxygens (including phenoxy) is 2. The highest BCUT2D eigenvalue weighted by Gasteiger charge is 2.50. The van der Waals surface area contributed by atoms with Crippen molar-refractivity contribution in [3.63, 3.8) is 0 Å². The Hall–Kier alpha value is -1.05. The largest absolute Gasteiger partial charge is 0.481 e. The van der Waals surface area contributed by atoms with Crippen LogP contribution in [0.15, 0.2) is 12.2 Å². The normalized spacial score (nSPS) is 31.2. The Morgan fingerprint density at radius 2 is 1.66 bits per heavy atom. The number of hydrogen-bond donors (Lipinski definition) is 1. The predicted molar refractivity (Wildman–Crippen MR) is 116 cm³/mol. The Kier molecular flexibility index (Phi) is 9.28. The maximum atomic E-state index is 11.9. The highest BCUT2D eigenvalue weighted by Crippen LogP contribution is 2.43. The number of hydrogen-bond acceptors (Lipinski definition) is 9. The smallest absolute Gasteiger partial charge is 0.303 e. The van der Waals surface area contributed by atoms with Crippen LogP contribution >= 0.6 is 0 Å². The van der Waals surface area contributed by atoms with Crippen LogP contribution in [0.3, 0.4) is 0 Å². The summed E-state index contributed by atoms with van der Waals surface area (Å²) in [7, 11) is -7.51. The first-order valence-electron chi connectivity index (χ1n) is 10.6. The molecule has 186 valence electrons. The van der Waals surface area contributed by atoms with E-state index in [0.717, 1.165) is 12.5 Å². The molecular formula is C20H34O10S2. The number of unbranched alkanes of at least 4 members (excludes halogenated alkanes) is 1. The molecule has 2 rings (SSSR count).